The summed E-state index contributed by atoms with van der Waals surface area (Å²) in [6.45, 7) is 4.21. The van der Waals surface area contributed by atoms with Crippen LogP contribution in [0, 0.1) is 0 Å². The number of nitrogens with zero attached hydrogens (tertiary/aromatic N) is 1. The maximum absolute atomic E-state index is 6.23. The molecule has 0 aliphatic heterocycles. The first kappa shape index (κ1) is 12.1. The van der Waals surface area contributed by atoms with E-state index in [-0.39, 0.29) is 5.54 Å². The third kappa shape index (κ3) is 2.46. The zero-order valence-electron chi connectivity index (χ0n) is 10.3. The van der Waals surface area contributed by atoms with Crippen molar-refractivity contribution in [3.8, 4) is 0 Å². The number of hydrogen-bond acceptors (Lipinski definition) is 3. The largest absolute Gasteiger partial charge is 0.320 e. The van der Waals surface area contributed by atoms with E-state index in [4.69, 9.17) is 10.7 Å². The summed E-state index contributed by atoms with van der Waals surface area (Å²) >= 11 is 1.74. The number of hydrogen-bond donors (Lipinski definition) is 1. The average Bonchev–Trinajstić information content (AvgIpc) is 2.80. The molecule has 1 aliphatic rings. The van der Waals surface area contributed by atoms with E-state index in [2.05, 4.69) is 19.2 Å². The van der Waals surface area contributed by atoms with Crippen molar-refractivity contribution >= 4 is 11.3 Å². The Hall–Kier alpha value is -0.410. The van der Waals surface area contributed by atoms with Crippen LogP contribution in [0.25, 0.3) is 0 Å². The minimum atomic E-state index is -0.239. The van der Waals surface area contributed by atoms with Gasteiger partial charge in [0.25, 0.3) is 0 Å². The van der Waals surface area contributed by atoms with Gasteiger partial charge in [-0.05, 0) is 26.2 Å². The van der Waals surface area contributed by atoms with Crippen LogP contribution >= 0.6 is 11.3 Å². The van der Waals surface area contributed by atoms with Crippen molar-refractivity contribution < 1.29 is 0 Å². The molecule has 3 heteroatoms. The monoisotopic (exact) mass is 238 g/mol. The molecule has 0 aromatic carbocycles. The summed E-state index contributed by atoms with van der Waals surface area (Å²) in [5.74, 6) is 0.700. The lowest BCUT2D eigenvalue weighted by molar-refractivity contribution is 0.431. The summed E-state index contributed by atoms with van der Waals surface area (Å²) in [5.41, 5.74) is 7.29. The fraction of sp³-hybridized carbons (Fsp3) is 0.769. The van der Waals surface area contributed by atoms with Crippen LogP contribution in [0.5, 0.6) is 0 Å². The highest BCUT2D eigenvalue weighted by Gasteiger charge is 2.25. The Labute approximate surface area is 102 Å². The second kappa shape index (κ2) is 4.84. The molecule has 2 N–H and O–H groups in total. The lowest BCUT2D eigenvalue weighted by atomic mass is 9.87. The van der Waals surface area contributed by atoms with E-state index in [1.165, 1.54) is 37.8 Å². The van der Waals surface area contributed by atoms with Crippen LogP contribution in [0.3, 0.4) is 0 Å². The van der Waals surface area contributed by atoms with Gasteiger partial charge in [0.1, 0.15) is 5.01 Å². The first-order valence-electron chi connectivity index (χ1n) is 6.38. The molecule has 0 spiro atoms. The average molecular weight is 238 g/mol. The van der Waals surface area contributed by atoms with E-state index in [0.717, 1.165) is 11.4 Å². The van der Waals surface area contributed by atoms with Crippen molar-refractivity contribution in [2.45, 2.75) is 63.8 Å². The molecule has 0 amide bonds. The Morgan fingerprint density at radius 3 is 2.75 bits per heavy atom. The number of aromatic nitrogens is 1. The Morgan fingerprint density at radius 1 is 1.44 bits per heavy atom. The van der Waals surface area contributed by atoms with Gasteiger partial charge >= 0.3 is 0 Å². The third-order valence-corrected chi connectivity index (χ3v) is 4.91. The molecule has 1 aliphatic carbocycles. The molecule has 16 heavy (non-hydrogen) atoms. The molecule has 1 aromatic rings. The summed E-state index contributed by atoms with van der Waals surface area (Å²) in [7, 11) is 0. The van der Waals surface area contributed by atoms with Crippen LogP contribution in [-0.4, -0.2) is 4.98 Å². The highest BCUT2D eigenvalue weighted by Crippen LogP contribution is 2.35. The summed E-state index contributed by atoms with van der Waals surface area (Å²) in [6.07, 6.45) is 7.71. The fourth-order valence-corrected chi connectivity index (χ4v) is 3.33. The van der Waals surface area contributed by atoms with Crippen LogP contribution in [-0.2, 0) is 5.54 Å². The molecule has 1 unspecified atom stereocenters. The SMILES string of the molecule is CCC(C)(N)c1nc(C2CCCCC2)cs1. The molecule has 1 aromatic heterocycles. The van der Waals surface area contributed by atoms with Crippen LogP contribution in [0.1, 0.15) is 69.0 Å². The van der Waals surface area contributed by atoms with Crippen molar-refractivity contribution in [2.24, 2.45) is 5.73 Å². The van der Waals surface area contributed by atoms with Crippen LogP contribution < -0.4 is 5.73 Å². The zero-order valence-corrected chi connectivity index (χ0v) is 11.1. The Morgan fingerprint density at radius 2 is 2.12 bits per heavy atom. The number of rotatable bonds is 3. The van der Waals surface area contributed by atoms with Gasteiger partial charge in [0.05, 0.1) is 11.2 Å². The molecule has 1 fully saturated rings. The van der Waals surface area contributed by atoms with Gasteiger partial charge in [0.2, 0.25) is 0 Å². The summed E-state index contributed by atoms with van der Waals surface area (Å²) in [6, 6.07) is 0. The maximum atomic E-state index is 6.23. The Balaban J connectivity index is 2.12. The fourth-order valence-electron chi connectivity index (χ4n) is 2.29. The summed E-state index contributed by atoms with van der Waals surface area (Å²) < 4.78 is 0. The van der Waals surface area contributed by atoms with Gasteiger partial charge in [-0.1, -0.05) is 26.2 Å². The standard InChI is InChI=1S/C13H22N2S/c1-3-13(2,14)12-15-11(9-16-12)10-7-5-4-6-8-10/h9-10H,3-8,14H2,1-2H3. The quantitative estimate of drug-likeness (QED) is 0.870. The minimum absolute atomic E-state index is 0.239. The van der Waals surface area contributed by atoms with E-state index < -0.39 is 0 Å². The van der Waals surface area contributed by atoms with Crippen LogP contribution in [0.2, 0.25) is 0 Å². The second-order valence-electron chi connectivity index (χ2n) is 5.18. The van der Waals surface area contributed by atoms with Gasteiger partial charge in [-0.15, -0.1) is 11.3 Å². The van der Waals surface area contributed by atoms with Gasteiger partial charge in [0, 0.05) is 11.3 Å². The number of thiazole rings is 1. The van der Waals surface area contributed by atoms with Crippen molar-refractivity contribution in [3.63, 3.8) is 0 Å². The molecule has 90 valence electrons. The first-order chi connectivity index (χ1) is 7.63. The van der Waals surface area contributed by atoms with Gasteiger partial charge in [-0.2, -0.15) is 0 Å². The van der Waals surface area contributed by atoms with Crippen LogP contribution in [0.4, 0.5) is 0 Å². The highest BCUT2D eigenvalue weighted by atomic mass is 32.1. The smallest absolute Gasteiger partial charge is 0.112 e. The van der Waals surface area contributed by atoms with E-state index in [1.807, 2.05) is 0 Å². The second-order valence-corrected chi connectivity index (χ2v) is 6.04. The molecular weight excluding hydrogens is 216 g/mol. The topological polar surface area (TPSA) is 38.9 Å². The molecule has 1 atom stereocenters. The minimum Gasteiger partial charge on any atom is -0.320 e. The molecule has 2 rings (SSSR count). The van der Waals surface area contributed by atoms with Crippen molar-refractivity contribution in [1.29, 1.82) is 0 Å². The predicted octanol–water partition coefficient (Wildman–Crippen LogP) is 3.77. The van der Waals surface area contributed by atoms with Crippen molar-refractivity contribution in [2.75, 3.05) is 0 Å². The normalized spacial score (nSPS) is 21.9. The zero-order chi connectivity index (χ0) is 11.6. The third-order valence-electron chi connectivity index (χ3n) is 3.77. The lowest BCUT2D eigenvalue weighted by Gasteiger charge is -2.21. The summed E-state index contributed by atoms with van der Waals surface area (Å²) in [4.78, 5) is 4.77. The van der Waals surface area contributed by atoms with E-state index in [9.17, 15) is 0 Å². The van der Waals surface area contributed by atoms with Gasteiger partial charge in [-0.3, -0.25) is 0 Å². The van der Waals surface area contributed by atoms with Crippen LogP contribution in [0.15, 0.2) is 5.38 Å². The van der Waals surface area contributed by atoms with Gasteiger partial charge in [0.15, 0.2) is 0 Å². The van der Waals surface area contributed by atoms with E-state index in [0.29, 0.717) is 5.92 Å². The molecule has 0 bridgehead atoms. The highest BCUT2D eigenvalue weighted by molar-refractivity contribution is 7.09. The maximum Gasteiger partial charge on any atom is 0.112 e. The lowest BCUT2D eigenvalue weighted by Crippen LogP contribution is -2.31. The molecule has 1 saturated carbocycles. The molecular formula is C13H22N2S. The summed E-state index contributed by atoms with van der Waals surface area (Å²) in [5, 5.41) is 3.34. The first-order valence-corrected chi connectivity index (χ1v) is 7.26. The van der Waals surface area contributed by atoms with Gasteiger partial charge in [-0.25, -0.2) is 4.98 Å². The molecule has 2 nitrogen and oxygen atoms in total. The predicted molar refractivity (Wildman–Crippen MR) is 69.8 cm³/mol. The number of nitrogens with two attached hydrogens (primary N) is 1. The van der Waals surface area contributed by atoms with Gasteiger partial charge < -0.3 is 5.73 Å². The Bertz CT molecular complexity index is 337. The molecule has 0 radical (unpaired) electrons. The Kier molecular flexibility index (Phi) is 3.65. The molecule has 1 heterocycles. The molecule has 0 saturated heterocycles. The van der Waals surface area contributed by atoms with Crippen molar-refractivity contribution in [3.05, 3.63) is 16.1 Å². The van der Waals surface area contributed by atoms with E-state index >= 15 is 0 Å². The van der Waals surface area contributed by atoms with Crippen molar-refractivity contribution in [1.82, 2.24) is 4.98 Å². The van der Waals surface area contributed by atoms with E-state index in [1.54, 1.807) is 11.3 Å².